The van der Waals surface area contributed by atoms with Crippen LogP contribution in [0.5, 0.6) is 0 Å². The van der Waals surface area contributed by atoms with E-state index in [0.717, 1.165) is 0 Å². The first-order valence-corrected chi connectivity index (χ1v) is 4.75. The van der Waals surface area contributed by atoms with Crippen LogP contribution in [0.25, 0.3) is 0 Å². The van der Waals surface area contributed by atoms with Gasteiger partial charge in [0.2, 0.25) is 0 Å². The SMILES string of the molecule is CCC1=CC=C[I-]1. The molecule has 0 aromatic rings. The van der Waals surface area contributed by atoms with Crippen molar-refractivity contribution in [2.45, 2.75) is 13.3 Å². The zero-order valence-corrected chi connectivity index (χ0v) is 6.47. The molecular weight excluding hydrogens is 199 g/mol. The van der Waals surface area contributed by atoms with E-state index >= 15 is 0 Å². The van der Waals surface area contributed by atoms with Gasteiger partial charge in [-0.15, -0.1) is 0 Å². The van der Waals surface area contributed by atoms with Crippen molar-refractivity contribution < 1.29 is 21.2 Å². The van der Waals surface area contributed by atoms with Gasteiger partial charge in [-0.1, -0.05) is 0 Å². The summed E-state index contributed by atoms with van der Waals surface area (Å²) >= 11 is 0.357. The van der Waals surface area contributed by atoms with Crippen LogP contribution >= 0.6 is 0 Å². The van der Waals surface area contributed by atoms with Crippen molar-refractivity contribution in [1.29, 1.82) is 0 Å². The van der Waals surface area contributed by atoms with Gasteiger partial charge in [0.1, 0.15) is 0 Å². The Morgan fingerprint density at radius 2 is 2.57 bits per heavy atom. The maximum atomic E-state index is 2.30. The maximum absolute atomic E-state index is 2.30. The second-order valence-corrected chi connectivity index (χ2v) is 4.12. The molecule has 0 unspecified atom stereocenters. The minimum atomic E-state index is 0.357. The van der Waals surface area contributed by atoms with E-state index in [1.807, 2.05) is 0 Å². The molecule has 0 spiro atoms. The van der Waals surface area contributed by atoms with Crippen LogP contribution in [0.3, 0.4) is 0 Å². The zero-order valence-electron chi connectivity index (χ0n) is 4.32. The number of hydrogen-bond acceptors (Lipinski definition) is 0. The van der Waals surface area contributed by atoms with Crippen LogP contribution in [-0.2, 0) is 0 Å². The van der Waals surface area contributed by atoms with E-state index in [2.05, 4.69) is 23.2 Å². The molecule has 1 aliphatic heterocycles. The molecule has 1 rings (SSSR count). The monoisotopic (exact) mass is 207 g/mol. The van der Waals surface area contributed by atoms with Crippen LogP contribution in [0.15, 0.2) is 19.8 Å². The van der Waals surface area contributed by atoms with E-state index in [1.54, 1.807) is 3.58 Å². The summed E-state index contributed by atoms with van der Waals surface area (Å²) in [5.41, 5.74) is 0. The predicted octanol–water partition coefficient (Wildman–Crippen LogP) is -1.10. The number of rotatable bonds is 1. The molecule has 0 fully saturated rings. The molecule has 0 amide bonds. The third kappa shape index (κ3) is 1.30. The summed E-state index contributed by atoms with van der Waals surface area (Å²) < 4.78 is 3.97. The van der Waals surface area contributed by atoms with E-state index in [4.69, 9.17) is 0 Å². The summed E-state index contributed by atoms with van der Waals surface area (Å²) in [6.07, 6.45) is 5.68. The molecule has 0 nitrogen and oxygen atoms in total. The Balaban J connectivity index is 2.45. The molecule has 0 aromatic heterocycles. The van der Waals surface area contributed by atoms with Gasteiger partial charge in [-0.2, -0.15) is 0 Å². The quantitative estimate of drug-likeness (QED) is 0.478. The van der Waals surface area contributed by atoms with E-state index < -0.39 is 0 Å². The molecule has 0 aromatic carbocycles. The van der Waals surface area contributed by atoms with Crippen molar-refractivity contribution in [3.8, 4) is 0 Å². The second kappa shape index (κ2) is 2.50. The van der Waals surface area contributed by atoms with Crippen LogP contribution in [0.4, 0.5) is 0 Å². The van der Waals surface area contributed by atoms with Crippen LogP contribution in [0.1, 0.15) is 13.3 Å². The van der Waals surface area contributed by atoms with Crippen LogP contribution in [0, 0.1) is 0 Å². The first kappa shape index (κ1) is 5.35. The fourth-order valence-corrected chi connectivity index (χ4v) is 2.22. The summed E-state index contributed by atoms with van der Waals surface area (Å²) in [5.74, 6) is 0. The molecule has 40 valence electrons. The molecule has 0 saturated carbocycles. The van der Waals surface area contributed by atoms with Gasteiger partial charge in [0.15, 0.2) is 0 Å². The summed E-state index contributed by atoms with van der Waals surface area (Å²) in [5, 5.41) is 0. The van der Waals surface area contributed by atoms with Crippen LogP contribution in [0.2, 0.25) is 0 Å². The van der Waals surface area contributed by atoms with E-state index in [9.17, 15) is 0 Å². The molecular formula is C6H8I-. The average Bonchev–Trinajstić information content (AvgIpc) is 2.14. The van der Waals surface area contributed by atoms with Gasteiger partial charge < -0.3 is 0 Å². The molecule has 0 N–H and O–H groups in total. The van der Waals surface area contributed by atoms with Gasteiger partial charge in [-0.25, -0.2) is 0 Å². The molecule has 1 aliphatic rings. The Kier molecular flexibility index (Phi) is 1.91. The van der Waals surface area contributed by atoms with Crippen molar-refractivity contribution in [2.75, 3.05) is 0 Å². The van der Waals surface area contributed by atoms with Crippen molar-refractivity contribution in [2.24, 2.45) is 0 Å². The first-order valence-electron chi connectivity index (χ1n) is 2.42. The fraction of sp³-hybridized carbons (Fsp3) is 0.333. The summed E-state index contributed by atoms with van der Waals surface area (Å²) in [7, 11) is 0. The van der Waals surface area contributed by atoms with Crippen molar-refractivity contribution >= 4 is 0 Å². The number of hydrogen-bond donors (Lipinski definition) is 0. The Labute approximate surface area is 54.6 Å². The zero-order chi connectivity index (χ0) is 5.11. The van der Waals surface area contributed by atoms with E-state index in [0.29, 0.717) is 21.2 Å². The number of halogens is 1. The van der Waals surface area contributed by atoms with Gasteiger partial charge in [0.05, 0.1) is 0 Å². The van der Waals surface area contributed by atoms with E-state index in [1.165, 1.54) is 6.42 Å². The molecule has 0 saturated heterocycles. The summed E-state index contributed by atoms with van der Waals surface area (Å²) in [6, 6.07) is 0. The van der Waals surface area contributed by atoms with Crippen LogP contribution in [-0.4, -0.2) is 0 Å². The van der Waals surface area contributed by atoms with Gasteiger partial charge in [-0.3, -0.25) is 0 Å². The number of allylic oxidation sites excluding steroid dienone is 3. The van der Waals surface area contributed by atoms with Gasteiger partial charge >= 0.3 is 54.4 Å². The van der Waals surface area contributed by atoms with Gasteiger partial charge in [-0.05, 0) is 0 Å². The topological polar surface area (TPSA) is 0 Å². The molecule has 1 heteroatoms. The molecule has 7 heavy (non-hydrogen) atoms. The van der Waals surface area contributed by atoms with Gasteiger partial charge in [0, 0.05) is 0 Å². The molecule has 0 atom stereocenters. The summed E-state index contributed by atoms with van der Waals surface area (Å²) in [4.78, 5) is 0. The second-order valence-electron chi connectivity index (χ2n) is 1.39. The van der Waals surface area contributed by atoms with Crippen molar-refractivity contribution in [3.05, 3.63) is 19.8 Å². The Morgan fingerprint density at radius 3 is 2.86 bits per heavy atom. The van der Waals surface area contributed by atoms with Crippen molar-refractivity contribution in [3.63, 3.8) is 0 Å². The molecule has 0 radical (unpaired) electrons. The predicted molar refractivity (Wildman–Crippen MR) is 27.5 cm³/mol. The van der Waals surface area contributed by atoms with Crippen LogP contribution < -0.4 is 21.2 Å². The van der Waals surface area contributed by atoms with Crippen molar-refractivity contribution in [1.82, 2.24) is 0 Å². The van der Waals surface area contributed by atoms with E-state index in [-0.39, 0.29) is 0 Å². The average molecular weight is 207 g/mol. The first-order chi connectivity index (χ1) is 3.43. The third-order valence-corrected chi connectivity index (χ3v) is 3.59. The molecule has 0 aliphatic carbocycles. The standard InChI is InChI=1S/C6H8I/c1-2-6-4-3-5-7-6/h3-5H,2H2,1H3/q-1. The fourth-order valence-electron chi connectivity index (χ4n) is 0.489. The third-order valence-electron chi connectivity index (χ3n) is 0.891. The van der Waals surface area contributed by atoms with Gasteiger partial charge in [0.25, 0.3) is 0 Å². The minimum absolute atomic E-state index is 0.357. The Bertz CT molecular complexity index is 111. The molecule has 1 heterocycles. The normalized spacial score (nSPS) is 18.7. The Hall–Kier alpha value is 0.210. The molecule has 0 bridgehead atoms. The summed E-state index contributed by atoms with van der Waals surface area (Å²) in [6.45, 7) is 2.22. The Morgan fingerprint density at radius 1 is 1.71 bits per heavy atom.